The second-order valence-electron chi connectivity index (χ2n) is 3.35. The zero-order valence-corrected chi connectivity index (χ0v) is 9.92. The van der Waals surface area contributed by atoms with E-state index in [0.29, 0.717) is 4.83 Å². The van der Waals surface area contributed by atoms with Crippen LogP contribution in [0.25, 0.3) is 0 Å². The minimum absolute atomic E-state index is 0.674. The highest BCUT2D eigenvalue weighted by Crippen LogP contribution is 2.13. The zero-order chi connectivity index (χ0) is 9.68. The fraction of sp³-hybridized carbons (Fsp3) is 0.700. The second-order valence-corrected chi connectivity index (χ2v) is 4.65. The Kier molecular flexibility index (Phi) is 4.50. The summed E-state index contributed by atoms with van der Waals surface area (Å²) in [6.45, 7) is 2.21. The maximum atomic E-state index is 4.29. The molecule has 0 amide bonds. The van der Waals surface area contributed by atoms with Gasteiger partial charge in [-0.3, -0.25) is 0 Å². The largest absolute Gasteiger partial charge is 0.338 e. The van der Waals surface area contributed by atoms with Gasteiger partial charge in [-0.15, -0.1) is 0 Å². The molecule has 0 radical (unpaired) electrons. The van der Waals surface area contributed by atoms with Crippen molar-refractivity contribution in [1.82, 2.24) is 9.55 Å². The highest BCUT2D eigenvalue weighted by molar-refractivity contribution is 9.09. The monoisotopic (exact) mass is 244 g/mol. The van der Waals surface area contributed by atoms with E-state index in [1.807, 2.05) is 19.4 Å². The SMILES string of the molecule is CCC(Br)CCCc1nccn1C. The van der Waals surface area contributed by atoms with Gasteiger partial charge in [0.25, 0.3) is 0 Å². The van der Waals surface area contributed by atoms with Crippen LogP contribution in [0.2, 0.25) is 0 Å². The van der Waals surface area contributed by atoms with Crippen molar-refractivity contribution in [3.63, 3.8) is 0 Å². The first kappa shape index (κ1) is 10.8. The summed E-state index contributed by atoms with van der Waals surface area (Å²) in [5.41, 5.74) is 0. The van der Waals surface area contributed by atoms with Gasteiger partial charge in [-0.1, -0.05) is 22.9 Å². The first-order valence-electron chi connectivity index (χ1n) is 4.84. The number of rotatable bonds is 5. The van der Waals surface area contributed by atoms with Crippen molar-refractivity contribution in [2.24, 2.45) is 7.05 Å². The molecule has 1 aromatic heterocycles. The van der Waals surface area contributed by atoms with E-state index in [0.717, 1.165) is 6.42 Å². The molecule has 1 atom stereocenters. The lowest BCUT2D eigenvalue weighted by molar-refractivity contribution is 0.655. The van der Waals surface area contributed by atoms with E-state index in [1.165, 1.54) is 25.1 Å². The molecule has 2 nitrogen and oxygen atoms in total. The average molecular weight is 245 g/mol. The van der Waals surface area contributed by atoms with E-state index in [1.54, 1.807) is 0 Å². The summed E-state index contributed by atoms with van der Waals surface area (Å²) in [7, 11) is 2.05. The molecular formula is C10H17BrN2. The van der Waals surface area contributed by atoms with Gasteiger partial charge in [0.15, 0.2) is 0 Å². The van der Waals surface area contributed by atoms with E-state index in [2.05, 4.69) is 32.4 Å². The summed E-state index contributed by atoms with van der Waals surface area (Å²) < 4.78 is 2.09. The van der Waals surface area contributed by atoms with Gasteiger partial charge in [0.05, 0.1) is 0 Å². The van der Waals surface area contributed by atoms with Crippen LogP contribution in [0.3, 0.4) is 0 Å². The van der Waals surface area contributed by atoms with Gasteiger partial charge in [-0.2, -0.15) is 0 Å². The van der Waals surface area contributed by atoms with E-state index in [4.69, 9.17) is 0 Å². The molecule has 0 aliphatic heterocycles. The molecule has 0 spiro atoms. The summed E-state index contributed by atoms with van der Waals surface area (Å²) in [6, 6.07) is 0. The van der Waals surface area contributed by atoms with Crippen molar-refractivity contribution in [2.45, 2.75) is 37.4 Å². The molecule has 74 valence electrons. The topological polar surface area (TPSA) is 17.8 Å². The Bertz CT molecular complexity index is 245. The van der Waals surface area contributed by atoms with Crippen LogP contribution in [-0.2, 0) is 13.5 Å². The molecule has 1 unspecified atom stereocenters. The van der Waals surface area contributed by atoms with Crippen LogP contribution < -0.4 is 0 Å². The minimum Gasteiger partial charge on any atom is -0.338 e. The van der Waals surface area contributed by atoms with Crippen LogP contribution in [0.1, 0.15) is 32.0 Å². The molecule has 0 saturated carbocycles. The number of nitrogens with zero attached hydrogens (tertiary/aromatic N) is 2. The van der Waals surface area contributed by atoms with E-state index in [9.17, 15) is 0 Å². The normalized spacial score (nSPS) is 13.2. The van der Waals surface area contributed by atoms with Crippen molar-refractivity contribution < 1.29 is 0 Å². The van der Waals surface area contributed by atoms with Gasteiger partial charge in [-0.05, 0) is 19.3 Å². The zero-order valence-electron chi connectivity index (χ0n) is 8.33. The van der Waals surface area contributed by atoms with Crippen LogP contribution in [0, 0.1) is 0 Å². The molecule has 3 heteroatoms. The molecule has 1 rings (SSSR count). The van der Waals surface area contributed by atoms with Crippen LogP contribution in [0.5, 0.6) is 0 Å². The van der Waals surface area contributed by atoms with E-state index >= 15 is 0 Å². The first-order chi connectivity index (χ1) is 6.24. The molecule has 1 heterocycles. The lowest BCUT2D eigenvalue weighted by Crippen LogP contribution is -2.00. The predicted octanol–water partition coefficient (Wildman–Crippen LogP) is 2.92. The van der Waals surface area contributed by atoms with Gasteiger partial charge >= 0.3 is 0 Å². The van der Waals surface area contributed by atoms with Crippen molar-refractivity contribution in [3.05, 3.63) is 18.2 Å². The average Bonchev–Trinajstić information content (AvgIpc) is 2.52. The van der Waals surface area contributed by atoms with Gasteiger partial charge in [0, 0.05) is 30.7 Å². The van der Waals surface area contributed by atoms with E-state index in [-0.39, 0.29) is 0 Å². The molecule has 0 aliphatic carbocycles. The van der Waals surface area contributed by atoms with Crippen LogP contribution >= 0.6 is 15.9 Å². The van der Waals surface area contributed by atoms with Gasteiger partial charge in [0.2, 0.25) is 0 Å². The first-order valence-corrected chi connectivity index (χ1v) is 5.76. The molecule has 0 N–H and O–H groups in total. The number of imidazole rings is 1. The van der Waals surface area contributed by atoms with Gasteiger partial charge in [-0.25, -0.2) is 4.98 Å². The van der Waals surface area contributed by atoms with E-state index < -0.39 is 0 Å². The van der Waals surface area contributed by atoms with Crippen molar-refractivity contribution in [3.8, 4) is 0 Å². The molecule has 0 saturated heterocycles. The lowest BCUT2D eigenvalue weighted by atomic mass is 10.1. The summed E-state index contributed by atoms with van der Waals surface area (Å²) in [6.07, 6.45) is 8.62. The van der Waals surface area contributed by atoms with Crippen LogP contribution in [-0.4, -0.2) is 14.4 Å². The Labute approximate surface area is 88.5 Å². The number of hydrogen-bond donors (Lipinski definition) is 0. The Morgan fingerprint density at radius 2 is 2.38 bits per heavy atom. The molecule has 0 aromatic carbocycles. The molecule has 0 bridgehead atoms. The summed E-state index contributed by atoms with van der Waals surface area (Å²) in [5.74, 6) is 1.19. The Morgan fingerprint density at radius 3 is 2.92 bits per heavy atom. The number of aryl methyl sites for hydroxylation is 2. The van der Waals surface area contributed by atoms with Crippen LogP contribution in [0.15, 0.2) is 12.4 Å². The van der Waals surface area contributed by atoms with Crippen molar-refractivity contribution >= 4 is 15.9 Å². The summed E-state index contributed by atoms with van der Waals surface area (Å²) >= 11 is 3.63. The standard InChI is InChI=1S/C10H17BrN2/c1-3-9(11)5-4-6-10-12-7-8-13(10)2/h7-9H,3-6H2,1-2H3. The molecule has 13 heavy (non-hydrogen) atoms. The van der Waals surface area contributed by atoms with Crippen molar-refractivity contribution in [2.75, 3.05) is 0 Å². The smallest absolute Gasteiger partial charge is 0.108 e. The summed E-state index contributed by atoms with van der Waals surface area (Å²) in [4.78, 5) is 4.96. The van der Waals surface area contributed by atoms with Gasteiger partial charge in [0.1, 0.15) is 5.82 Å². The lowest BCUT2D eigenvalue weighted by Gasteiger charge is -2.05. The third-order valence-electron chi connectivity index (χ3n) is 2.28. The highest BCUT2D eigenvalue weighted by Gasteiger charge is 2.02. The maximum absolute atomic E-state index is 4.29. The Hall–Kier alpha value is -0.310. The number of aromatic nitrogens is 2. The maximum Gasteiger partial charge on any atom is 0.108 e. The van der Waals surface area contributed by atoms with Crippen molar-refractivity contribution in [1.29, 1.82) is 0 Å². The predicted molar refractivity (Wildman–Crippen MR) is 59.2 cm³/mol. The fourth-order valence-corrected chi connectivity index (χ4v) is 1.65. The molecular weight excluding hydrogens is 228 g/mol. The number of halogens is 1. The quantitative estimate of drug-likeness (QED) is 0.729. The minimum atomic E-state index is 0.674. The third-order valence-corrected chi connectivity index (χ3v) is 3.39. The third kappa shape index (κ3) is 3.51. The van der Waals surface area contributed by atoms with Crippen LogP contribution in [0.4, 0.5) is 0 Å². The number of hydrogen-bond acceptors (Lipinski definition) is 1. The van der Waals surface area contributed by atoms with Gasteiger partial charge < -0.3 is 4.57 Å². The second kappa shape index (κ2) is 5.43. The fourth-order valence-electron chi connectivity index (χ4n) is 1.32. The number of alkyl halides is 1. The Morgan fingerprint density at radius 1 is 1.62 bits per heavy atom. The summed E-state index contributed by atoms with van der Waals surface area (Å²) in [5, 5.41) is 0. The Balaban J connectivity index is 2.24. The molecule has 1 aromatic rings. The molecule has 0 fully saturated rings. The molecule has 0 aliphatic rings. The highest BCUT2D eigenvalue weighted by atomic mass is 79.9.